The number of sulfonamides is 1. The first kappa shape index (κ1) is 25.5. The fourth-order valence-electron chi connectivity index (χ4n) is 3.03. The Balaban J connectivity index is 1.94. The minimum absolute atomic E-state index is 0.0532. The molecule has 0 fully saturated rings. The third kappa shape index (κ3) is 5.85. The minimum Gasteiger partial charge on any atom is -0.467 e. The topological polar surface area (TPSA) is 110 Å². The summed E-state index contributed by atoms with van der Waals surface area (Å²) in [7, 11) is -2.74. The molecule has 2 N–H and O–H groups in total. The van der Waals surface area contributed by atoms with E-state index in [9.17, 15) is 13.2 Å². The summed E-state index contributed by atoms with van der Waals surface area (Å²) in [5.41, 5.74) is 0.573. The number of methoxy groups -OCH3 is 1. The number of rotatable bonds is 8. The van der Waals surface area contributed by atoms with E-state index in [4.69, 9.17) is 39.5 Å². The van der Waals surface area contributed by atoms with E-state index in [1.54, 1.807) is 18.2 Å². The molecule has 3 rings (SSSR count). The van der Waals surface area contributed by atoms with Crippen molar-refractivity contribution in [2.45, 2.75) is 31.3 Å². The molecule has 0 aliphatic heterocycles. The van der Waals surface area contributed by atoms with Crippen LogP contribution in [0.1, 0.15) is 19.7 Å². The standard InChI is InChI=1S/C21H21Cl3N4O4S/c1-11(2)19(21(29)32-3)28-20-12-6-4-5-7-16(12)26-18(27-20)10-25-33(30,31)17-9-14(23)13(22)8-15(17)24/h4-9,11,19,25H,10H2,1-3H3,(H,26,27,28)/t19-/m0/s1. The van der Waals surface area contributed by atoms with Crippen LogP contribution in [0, 0.1) is 5.92 Å². The van der Waals surface area contributed by atoms with E-state index in [1.807, 2.05) is 19.9 Å². The molecule has 176 valence electrons. The molecule has 1 aromatic heterocycles. The average Bonchev–Trinajstić information content (AvgIpc) is 2.77. The zero-order valence-corrected chi connectivity index (χ0v) is 21.0. The molecule has 0 spiro atoms. The Morgan fingerprint density at radius 3 is 2.39 bits per heavy atom. The number of carbonyl (C=O) groups is 1. The van der Waals surface area contributed by atoms with Crippen molar-refractivity contribution >= 4 is 67.5 Å². The van der Waals surface area contributed by atoms with E-state index in [2.05, 4.69) is 20.0 Å². The molecule has 0 aliphatic carbocycles. The predicted molar refractivity (Wildman–Crippen MR) is 129 cm³/mol. The Kier molecular flexibility index (Phi) is 8.02. The van der Waals surface area contributed by atoms with Crippen molar-refractivity contribution in [2.75, 3.05) is 12.4 Å². The second-order valence-corrected chi connectivity index (χ2v) is 10.4. The van der Waals surface area contributed by atoms with Gasteiger partial charge in [-0.3, -0.25) is 0 Å². The van der Waals surface area contributed by atoms with Crippen LogP contribution in [-0.4, -0.2) is 37.5 Å². The number of hydrogen-bond donors (Lipinski definition) is 2. The van der Waals surface area contributed by atoms with Gasteiger partial charge in [-0.15, -0.1) is 0 Å². The van der Waals surface area contributed by atoms with Gasteiger partial charge in [0.15, 0.2) is 0 Å². The van der Waals surface area contributed by atoms with Crippen molar-refractivity contribution in [1.29, 1.82) is 0 Å². The number of carbonyl (C=O) groups excluding carboxylic acids is 1. The zero-order chi connectivity index (χ0) is 24.3. The first-order valence-corrected chi connectivity index (χ1v) is 12.4. The monoisotopic (exact) mass is 530 g/mol. The molecule has 0 saturated heterocycles. The van der Waals surface area contributed by atoms with E-state index >= 15 is 0 Å². The lowest BCUT2D eigenvalue weighted by atomic mass is 10.0. The van der Waals surface area contributed by atoms with Crippen LogP contribution in [0.3, 0.4) is 0 Å². The molecule has 33 heavy (non-hydrogen) atoms. The number of halogens is 3. The molecule has 12 heteroatoms. The lowest BCUT2D eigenvalue weighted by Gasteiger charge is -2.21. The number of aromatic nitrogens is 2. The number of fused-ring (bicyclic) bond motifs is 1. The Labute approximate surface area is 206 Å². The summed E-state index contributed by atoms with van der Waals surface area (Å²) in [6.45, 7) is 3.50. The molecule has 0 unspecified atom stereocenters. The normalized spacial score (nSPS) is 12.7. The van der Waals surface area contributed by atoms with Crippen molar-refractivity contribution < 1.29 is 17.9 Å². The largest absolute Gasteiger partial charge is 0.467 e. The highest BCUT2D eigenvalue weighted by molar-refractivity contribution is 7.89. The fourth-order valence-corrected chi connectivity index (χ4v) is 5.01. The van der Waals surface area contributed by atoms with Gasteiger partial charge in [0.2, 0.25) is 10.0 Å². The number of para-hydroxylation sites is 1. The third-order valence-corrected chi connectivity index (χ3v) is 7.34. The highest BCUT2D eigenvalue weighted by atomic mass is 35.5. The van der Waals surface area contributed by atoms with Gasteiger partial charge in [0.1, 0.15) is 22.6 Å². The maximum absolute atomic E-state index is 12.8. The summed E-state index contributed by atoms with van der Waals surface area (Å²) in [4.78, 5) is 20.9. The molecule has 2 aromatic carbocycles. The molecule has 0 aliphatic rings. The number of hydrogen-bond acceptors (Lipinski definition) is 7. The summed E-state index contributed by atoms with van der Waals surface area (Å²) < 4.78 is 32.9. The van der Waals surface area contributed by atoms with Crippen LogP contribution >= 0.6 is 34.8 Å². The minimum atomic E-state index is -4.05. The van der Waals surface area contributed by atoms with Crippen LogP contribution in [0.15, 0.2) is 41.3 Å². The lowest BCUT2D eigenvalue weighted by molar-refractivity contribution is -0.142. The van der Waals surface area contributed by atoms with Gasteiger partial charge in [-0.2, -0.15) is 0 Å². The van der Waals surface area contributed by atoms with E-state index in [-0.39, 0.29) is 38.3 Å². The predicted octanol–water partition coefficient (Wildman–Crippen LogP) is 4.68. The Hall–Kier alpha value is -2.17. The highest BCUT2D eigenvalue weighted by Gasteiger charge is 2.25. The molecule has 0 amide bonds. The number of nitrogens with zero attached hydrogens (tertiary/aromatic N) is 2. The Morgan fingerprint density at radius 1 is 1.06 bits per heavy atom. The molecule has 1 heterocycles. The van der Waals surface area contributed by atoms with E-state index < -0.39 is 22.0 Å². The van der Waals surface area contributed by atoms with Crippen LogP contribution in [0.25, 0.3) is 10.9 Å². The van der Waals surface area contributed by atoms with Crippen LogP contribution in [0.2, 0.25) is 15.1 Å². The first-order chi connectivity index (χ1) is 15.5. The van der Waals surface area contributed by atoms with Crippen LogP contribution in [0.5, 0.6) is 0 Å². The number of esters is 1. The first-order valence-electron chi connectivity index (χ1n) is 9.77. The molecular weight excluding hydrogens is 511 g/mol. The fraction of sp³-hybridized carbons (Fsp3) is 0.286. The molecule has 1 atom stereocenters. The van der Waals surface area contributed by atoms with Crippen molar-refractivity contribution in [3.05, 3.63) is 57.3 Å². The lowest BCUT2D eigenvalue weighted by Crippen LogP contribution is -2.36. The van der Waals surface area contributed by atoms with Gasteiger partial charge in [-0.25, -0.2) is 27.9 Å². The van der Waals surface area contributed by atoms with Gasteiger partial charge in [0, 0.05) is 5.39 Å². The number of ether oxygens (including phenoxy) is 1. The number of benzene rings is 2. The zero-order valence-electron chi connectivity index (χ0n) is 17.9. The maximum Gasteiger partial charge on any atom is 0.328 e. The molecule has 3 aromatic rings. The summed E-state index contributed by atoms with van der Waals surface area (Å²) in [5.74, 6) is 0.0314. The van der Waals surface area contributed by atoms with Crippen molar-refractivity contribution in [3.63, 3.8) is 0 Å². The van der Waals surface area contributed by atoms with Crippen LogP contribution < -0.4 is 10.0 Å². The van der Waals surface area contributed by atoms with E-state index in [0.717, 1.165) is 0 Å². The molecule has 0 bridgehead atoms. The van der Waals surface area contributed by atoms with Gasteiger partial charge in [-0.1, -0.05) is 60.8 Å². The van der Waals surface area contributed by atoms with Crippen molar-refractivity contribution in [3.8, 4) is 0 Å². The summed E-state index contributed by atoms with van der Waals surface area (Å²) in [5, 5.41) is 3.90. The SMILES string of the molecule is COC(=O)[C@@H](Nc1nc(CNS(=O)(=O)c2cc(Cl)c(Cl)cc2Cl)nc2ccccc12)C(C)C. The Bertz CT molecular complexity index is 1300. The Morgan fingerprint density at radius 2 is 1.73 bits per heavy atom. The van der Waals surface area contributed by atoms with Gasteiger partial charge in [0.25, 0.3) is 0 Å². The number of nitrogens with one attached hydrogen (secondary N) is 2. The summed E-state index contributed by atoms with van der Waals surface area (Å²) in [6.07, 6.45) is 0. The maximum atomic E-state index is 12.8. The second-order valence-electron chi connectivity index (χ2n) is 7.42. The number of anilines is 1. The smallest absolute Gasteiger partial charge is 0.328 e. The van der Waals surface area contributed by atoms with Gasteiger partial charge >= 0.3 is 5.97 Å². The van der Waals surface area contributed by atoms with Crippen LogP contribution in [0.4, 0.5) is 5.82 Å². The third-order valence-electron chi connectivity index (χ3n) is 4.75. The van der Waals surface area contributed by atoms with Crippen molar-refractivity contribution in [1.82, 2.24) is 14.7 Å². The van der Waals surface area contributed by atoms with E-state index in [1.165, 1.54) is 19.2 Å². The van der Waals surface area contributed by atoms with Crippen molar-refractivity contribution in [2.24, 2.45) is 5.92 Å². The summed E-state index contributed by atoms with van der Waals surface area (Å²) in [6, 6.07) is 8.94. The van der Waals surface area contributed by atoms with Gasteiger partial charge in [0.05, 0.1) is 34.2 Å². The molecular formula is C21H21Cl3N4O4S. The highest BCUT2D eigenvalue weighted by Crippen LogP contribution is 2.31. The molecule has 0 radical (unpaired) electrons. The molecule has 0 saturated carbocycles. The summed E-state index contributed by atoms with van der Waals surface area (Å²) >= 11 is 17.9. The quantitative estimate of drug-likeness (QED) is 0.321. The van der Waals surface area contributed by atoms with Crippen LogP contribution in [-0.2, 0) is 26.1 Å². The van der Waals surface area contributed by atoms with Gasteiger partial charge in [-0.05, 0) is 30.2 Å². The van der Waals surface area contributed by atoms with E-state index in [0.29, 0.717) is 16.7 Å². The van der Waals surface area contributed by atoms with Gasteiger partial charge < -0.3 is 10.1 Å². The second kappa shape index (κ2) is 10.4. The molecule has 8 nitrogen and oxygen atoms in total. The average molecular weight is 532 g/mol.